The van der Waals surface area contributed by atoms with Crippen molar-refractivity contribution < 1.29 is 78.0 Å². The van der Waals surface area contributed by atoms with E-state index in [1.807, 2.05) is 31.2 Å². The molecule has 0 aliphatic carbocycles. The summed E-state index contributed by atoms with van der Waals surface area (Å²) in [4.78, 5) is 23.8. The van der Waals surface area contributed by atoms with Gasteiger partial charge in [0.15, 0.2) is 5.75 Å². The molecule has 0 unspecified atom stereocenters. The van der Waals surface area contributed by atoms with Crippen LogP contribution in [0.2, 0.25) is 5.02 Å². The maximum absolute atomic E-state index is 10.5. The van der Waals surface area contributed by atoms with Gasteiger partial charge in [0, 0.05) is 16.4 Å². The van der Waals surface area contributed by atoms with Crippen LogP contribution in [0.5, 0.6) is 5.75 Å². The van der Waals surface area contributed by atoms with Crippen LogP contribution in [0, 0.1) is 6.92 Å². The number of phosphoric acid groups is 1. The summed E-state index contributed by atoms with van der Waals surface area (Å²) >= 11 is 9.15. The number of phosphoric ester groups is 1. The molecule has 0 bridgehead atoms. The third kappa shape index (κ3) is 7.86. The molecule has 0 saturated heterocycles. The van der Waals surface area contributed by atoms with Crippen molar-refractivity contribution in [2.24, 2.45) is 0 Å². The van der Waals surface area contributed by atoms with E-state index < -0.39 is 7.82 Å². The second kappa shape index (κ2) is 11.5. The van der Waals surface area contributed by atoms with Crippen molar-refractivity contribution in [1.82, 2.24) is 4.98 Å². The van der Waals surface area contributed by atoms with Crippen molar-refractivity contribution >= 4 is 51.9 Å². The van der Waals surface area contributed by atoms with Gasteiger partial charge in [0.25, 0.3) is 0 Å². The molecule has 0 fully saturated rings. The Labute approximate surface area is 208 Å². The van der Waals surface area contributed by atoms with Gasteiger partial charge in [-0.15, -0.1) is 0 Å². The molecular formula is C15H13BrClN2Na2O4P. The Hall–Kier alpha value is 0.500. The number of hydrogen-bond acceptors (Lipinski definition) is 5. The number of H-pyrrole nitrogens is 1. The Morgan fingerprint density at radius 2 is 1.73 bits per heavy atom. The molecule has 0 aliphatic heterocycles. The first-order chi connectivity index (χ1) is 11.2. The van der Waals surface area contributed by atoms with Crippen molar-refractivity contribution in [2.45, 2.75) is 6.92 Å². The SMILES string of the molecule is Cc1ccc(N)cc1.O=P([O-])([O-])Oc1c[nH]c2ccc(Br)c(Cl)c12.[Na+].[Na+]. The summed E-state index contributed by atoms with van der Waals surface area (Å²) in [7, 11) is -5.09. The minimum absolute atomic E-state index is 0. The van der Waals surface area contributed by atoms with Crippen LogP contribution in [0.4, 0.5) is 5.69 Å². The molecule has 128 valence electrons. The van der Waals surface area contributed by atoms with Crippen LogP contribution in [-0.4, -0.2) is 4.98 Å². The number of rotatable bonds is 2. The number of nitrogens with two attached hydrogens (primary N) is 1. The average Bonchev–Trinajstić information content (AvgIpc) is 2.88. The Bertz CT molecular complexity index is 882. The van der Waals surface area contributed by atoms with Crippen LogP contribution in [0.3, 0.4) is 0 Å². The minimum Gasteiger partial charge on any atom is -0.780 e. The molecular weight excluding hydrogens is 464 g/mol. The zero-order chi connectivity index (χ0) is 17.9. The van der Waals surface area contributed by atoms with Gasteiger partial charge in [-0.1, -0.05) is 29.3 Å². The van der Waals surface area contributed by atoms with E-state index in [-0.39, 0.29) is 69.9 Å². The maximum Gasteiger partial charge on any atom is 1.00 e. The molecule has 3 N–H and O–H groups in total. The zero-order valence-corrected chi connectivity index (χ0v) is 21.7. The Balaban J connectivity index is 0.000000536. The van der Waals surface area contributed by atoms with E-state index in [0.29, 0.717) is 15.4 Å². The monoisotopic (exact) mass is 476 g/mol. The molecule has 0 aliphatic rings. The summed E-state index contributed by atoms with van der Waals surface area (Å²) in [6.45, 7) is 2.04. The third-order valence-electron chi connectivity index (χ3n) is 2.99. The van der Waals surface area contributed by atoms with Crippen LogP contribution < -0.4 is 79.2 Å². The van der Waals surface area contributed by atoms with E-state index in [0.717, 1.165) is 5.69 Å². The van der Waals surface area contributed by atoms with Crippen LogP contribution in [0.25, 0.3) is 10.9 Å². The number of aromatic amines is 1. The van der Waals surface area contributed by atoms with E-state index in [1.165, 1.54) is 11.8 Å². The summed E-state index contributed by atoms with van der Waals surface area (Å²) in [5, 5.41) is 0.630. The summed E-state index contributed by atoms with van der Waals surface area (Å²) in [6, 6.07) is 11.2. The summed E-state index contributed by atoms with van der Waals surface area (Å²) in [5.74, 6) is -0.102. The molecule has 26 heavy (non-hydrogen) atoms. The molecule has 11 heteroatoms. The fourth-order valence-electron chi connectivity index (χ4n) is 1.89. The third-order valence-corrected chi connectivity index (χ3v) is 4.69. The van der Waals surface area contributed by atoms with Crippen molar-refractivity contribution in [1.29, 1.82) is 0 Å². The average molecular weight is 478 g/mol. The molecule has 3 rings (SSSR count). The van der Waals surface area contributed by atoms with Gasteiger partial charge in [-0.25, -0.2) is 0 Å². The van der Waals surface area contributed by atoms with Crippen LogP contribution in [0.1, 0.15) is 5.56 Å². The van der Waals surface area contributed by atoms with Crippen LogP contribution in [0.15, 0.2) is 47.1 Å². The summed E-state index contributed by atoms with van der Waals surface area (Å²) in [6.07, 6.45) is 1.27. The fraction of sp³-hybridized carbons (Fsp3) is 0.0667. The standard InChI is InChI=1S/C8H6BrClNO4P.C7H9N.2Na/c9-4-1-2-5-7(8(4)10)6(3-11-5)15-16(12,13)14;1-6-2-4-7(8)5-3-6;;/h1-3,11H,(H2,12,13,14);2-5H,8H2,1H3;;/q;;2*+1/p-2. The number of nitrogens with one attached hydrogen (secondary N) is 1. The number of fused-ring (bicyclic) bond motifs is 1. The van der Waals surface area contributed by atoms with Crippen molar-refractivity contribution in [3.63, 3.8) is 0 Å². The van der Waals surface area contributed by atoms with Crippen molar-refractivity contribution in [3.8, 4) is 5.75 Å². The first-order valence-corrected chi connectivity index (χ1v) is 9.29. The second-order valence-electron chi connectivity index (χ2n) is 4.89. The van der Waals surface area contributed by atoms with Gasteiger partial charge >= 0.3 is 59.1 Å². The molecule has 1 aromatic heterocycles. The van der Waals surface area contributed by atoms with Crippen molar-refractivity contribution in [3.05, 3.63) is 57.7 Å². The number of anilines is 1. The predicted octanol–water partition coefficient (Wildman–Crippen LogP) is -2.62. The van der Waals surface area contributed by atoms with Gasteiger partial charge in [0.05, 0.1) is 15.9 Å². The Kier molecular flexibility index (Phi) is 11.7. The molecule has 0 saturated carbocycles. The molecule has 3 aromatic rings. The zero-order valence-electron chi connectivity index (χ0n) is 14.5. The van der Waals surface area contributed by atoms with Gasteiger partial charge in [0.2, 0.25) is 0 Å². The van der Waals surface area contributed by atoms with E-state index in [9.17, 15) is 14.4 Å². The fourth-order valence-corrected chi connectivity index (χ4v) is 2.86. The van der Waals surface area contributed by atoms with Crippen molar-refractivity contribution in [2.75, 3.05) is 5.73 Å². The topological polar surface area (TPSA) is 114 Å². The Morgan fingerprint density at radius 3 is 2.23 bits per heavy atom. The largest absolute Gasteiger partial charge is 1.00 e. The maximum atomic E-state index is 10.5. The minimum atomic E-state index is -5.09. The number of halogens is 2. The quantitative estimate of drug-likeness (QED) is 0.238. The Morgan fingerprint density at radius 1 is 1.15 bits per heavy atom. The summed E-state index contributed by atoms with van der Waals surface area (Å²) < 4.78 is 15.4. The molecule has 1 heterocycles. The van der Waals surface area contributed by atoms with Crippen LogP contribution in [-0.2, 0) is 4.57 Å². The second-order valence-corrected chi connectivity index (χ2v) is 7.20. The molecule has 6 nitrogen and oxygen atoms in total. The van der Waals surface area contributed by atoms with Gasteiger partial charge in [-0.3, -0.25) is 0 Å². The number of hydrogen-bond donors (Lipinski definition) is 2. The first kappa shape index (κ1) is 26.5. The predicted molar refractivity (Wildman–Crippen MR) is 94.8 cm³/mol. The van der Waals surface area contributed by atoms with Gasteiger partial charge in [-0.2, -0.15) is 0 Å². The molecule has 0 amide bonds. The number of aromatic nitrogens is 1. The van der Waals surface area contributed by atoms with Crippen LogP contribution >= 0.6 is 35.4 Å². The van der Waals surface area contributed by atoms with E-state index in [1.54, 1.807) is 12.1 Å². The van der Waals surface area contributed by atoms with E-state index in [2.05, 4.69) is 25.4 Å². The smallest absolute Gasteiger partial charge is 0.780 e. The van der Waals surface area contributed by atoms with E-state index in [4.69, 9.17) is 17.3 Å². The van der Waals surface area contributed by atoms with E-state index >= 15 is 0 Å². The molecule has 0 radical (unpaired) electrons. The molecule has 0 spiro atoms. The molecule has 0 atom stereocenters. The van der Waals surface area contributed by atoms with Gasteiger partial charge in [-0.05, 0) is 47.1 Å². The normalized spacial score (nSPS) is 10.2. The number of nitrogen functional groups attached to an aromatic ring is 1. The first-order valence-electron chi connectivity index (χ1n) is 6.66. The van der Waals surface area contributed by atoms with Gasteiger partial charge < -0.3 is 29.6 Å². The molecule has 2 aromatic carbocycles. The van der Waals surface area contributed by atoms with Gasteiger partial charge in [0.1, 0.15) is 7.82 Å². The number of aryl methyl sites for hydroxylation is 1. The number of benzene rings is 2. The summed E-state index contributed by atoms with van der Waals surface area (Å²) in [5.41, 5.74) is 8.09.